The topological polar surface area (TPSA) is 64.6 Å². The first-order valence-corrected chi connectivity index (χ1v) is 5.65. The summed E-state index contributed by atoms with van der Waals surface area (Å²) in [4.78, 5) is 22.1. The van der Waals surface area contributed by atoms with Crippen molar-refractivity contribution in [1.29, 1.82) is 0 Å². The molecule has 0 bridgehead atoms. The molecule has 0 spiro atoms. The lowest BCUT2D eigenvalue weighted by molar-refractivity contribution is -0.152. The van der Waals surface area contributed by atoms with E-state index in [-0.39, 0.29) is 18.6 Å². The molecule has 1 N–H and O–H groups in total. The fourth-order valence-electron chi connectivity index (χ4n) is 1.60. The van der Waals surface area contributed by atoms with E-state index in [1.54, 1.807) is 6.92 Å². The molecular formula is C11H19NO4. The van der Waals surface area contributed by atoms with Crippen LogP contribution in [-0.2, 0) is 19.1 Å². The first kappa shape index (κ1) is 13.0. The summed E-state index contributed by atoms with van der Waals surface area (Å²) in [6, 6.07) is -0.596. The second kappa shape index (κ2) is 6.48. The molecule has 16 heavy (non-hydrogen) atoms. The second-order valence-electron chi connectivity index (χ2n) is 4.04. The van der Waals surface area contributed by atoms with Crippen LogP contribution in [0.5, 0.6) is 0 Å². The molecule has 2 atom stereocenters. The van der Waals surface area contributed by atoms with Crippen LogP contribution in [0.3, 0.4) is 0 Å². The minimum absolute atomic E-state index is 0.0160. The minimum atomic E-state index is -0.596. The molecule has 0 saturated carbocycles. The van der Waals surface area contributed by atoms with E-state index in [0.29, 0.717) is 0 Å². The van der Waals surface area contributed by atoms with Crippen LogP contribution < -0.4 is 5.32 Å². The maximum atomic E-state index is 11.4. The Morgan fingerprint density at radius 1 is 1.50 bits per heavy atom. The van der Waals surface area contributed by atoms with Gasteiger partial charge in [0.15, 0.2) is 0 Å². The highest BCUT2D eigenvalue weighted by Gasteiger charge is 2.19. The monoisotopic (exact) mass is 229 g/mol. The Balaban J connectivity index is 2.20. The number of ether oxygens (including phenoxy) is 2. The van der Waals surface area contributed by atoms with Crippen LogP contribution in [0.4, 0.5) is 0 Å². The maximum absolute atomic E-state index is 11.4. The molecule has 0 aliphatic carbocycles. The maximum Gasteiger partial charge on any atom is 0.328 e. The van der Waals surface area contributed by atoms with E-state index in [2.05, 4.69) is 5.32 Å². The molecule has 1 saturated heterocycles. The summed E-state index contributed by atoms with van der Waals surface area (Å²) in [5.41, 5.74) is 0. The molecule has 1 amide bonds. The SMILES string of the molecule is CC(=O)NC(C)C(=O)OCC1CCCCO1. The second-order valence-corrected chi connectivity index (χ2v) is 4.04. The van der Waals surface area contributed by atoms with E-state index in [1.807, 2.05) is 0 Å². The summed E-state index contributed by atoms with van der Waals surface area (Å²) >= 11 is 0. The van der Waals surface area contributed by atoms with E-state index >= 15 is 0 Å². The molecule has 0 aromatic heterocycles. The van der Waals surface area contributed by atoms with Gasteiger partial charge in [0.2, 0.25) is 5.91 Å². The van der Waals surface area contributed by atoms with Gasteiger partial charge in [0.05, 0.1) is 6.10 Å². The van der Waals surface area contributed by atoms with E-state index in [1.165, 1.54) is 6.92 Å². The molecule has 1 heterocycles. The average Bonchev–Trinajstić information content (AvgIpc) is 2.26. The van der Waals surface area contributed by atoms with Gasteiger partial charge < -0.3 is 14.8 Å². The van der Waals surface area contributed by atoms with Gasteiger partial charge in [-0.15, -0.1) is 0 Å². The van der Waals surface area contributed by atoms with Crippen LogP contribution in [0.2, 0.25) is 0 Å². The first-order chi connectivity index (χ1) is 7.59. The van der Waals surface area contributed by atoms with Crippen molar-refractivity contribution in [1.82, 2.24) is 5.32 Å². The van der Waals surface area contributed by atoms with Gasteiger partial charge in [0.25, 0.3) is 0 Å². The van der Waals surface area contributed by atoms with Gasteiger partial charge in [0.1, 0.15) is 12.6 Å². The van der Waals surface area contributed by atoms with Gasteiger partial charge in [0, 0.05) is 13.5 Å². The number of hydrogen-bond acceptors (Lipinski definition) is 4. The predicted octanol–water partition coefficient (Wildman–Crippen LogP) is 0.623. The van der Waals surface area contributed by atoms with Crippen molar-refractivity contribution >= 4 is 11.9 Å². The summed E-state index contributed by atoms with van der Waals surface area (Å²) in [6.45, 7) is 3.99. The molecule has 0 aromatic carbocycles. The van der Waals surface area contributed by atoms with Crippen LogP contribution in [-0.4, -0.2) is 37.2 Å². The third-order valence-electron chi connectivity index (χ3n) is 2.46. The van der Waals surface area contributed by atoms with Crippen LogP contribution in [0.25, 0.3) is 0 Å². The molecule has 2 unspecified atom stereocenters. The fraction of sp³-hybridized carbons (Fsp3) is 0.818. The van der Waals surface area contributed by atoms with Gasteiger partial charge in [-0.25, -0.2) is 4.79 Å². The van der Waals surface area contributed by atoms with Gasteiger partial charge in [-0.05, 0) is 26.2 Å². The van der Waals surface area contributed by atoms with Crippen molar-refractivity contribution in [3.05, 3.63) is 0 Å². The van der Waals surface area contributed by atoms with Crippen molar-refractivity contribution in [2.45, 2.75) is 45.3 Å². The molecule has 1 rings (SSSR count). The smallest absolute Gasteiger partial charge is 0.328 e. The molecule has 0 radical (unpaired) electrons. The summed E-state index contributed by atoms with van der Waals surface area (Å²) in [5, 5.41) is 2.48. The lowest BCUT2D eigenvalue weighted by Crippen LogP contribution is -2.39. The lowest BCUT2D eigenvalue weighted by atomic mass is 10.1. The molecule has 5 nitrogen and oxygen atoms in total. The van der Waals surface area contributed by atoms with Crippen molar-refractivity contribution in [3.8, 4) is 0 Å². The van der Waals surface area contributed by atoms with Gasteiger partial charge in [-0.1, -0.05) is 0 Å². The van der Waals surface area contributed by atoms with Crippen LogP contribution in [0.15, 0.2) is 0 Å². The molecule has 1 aliphatic heterocycles. The van der Waals surface area contributed by atoms with E-state index < -0.39 is 12.0 Å². The number of nitrogens with one attached hydrogen (secondary N) is 1. The molecular weight excluding hydrogens is 210 g/mol. The average molecular weight is 229 g/mol. The Labute approximate surface area is 95.5 Å². The van der Waals surface area contributed by atoms with Gasteiger partial charge >= 0.3 is 5.97 Å². The van der Waals surface area contributed by atoms with Crippen molar-refractivity contribution < 1.29 is 19.1 Å². The Morgan fingerprint density at radius 3 is 2.81 bits per heavy atom. The minimum Gasteiger partial charge on any atom is -0.461 e. The number of hydrogen-bond donors (Lipinski definition) is 1. The van der Waals surface area contributed by atoms with E-state index in [9.17, 15) is 9.59 Å². The number of amides is 1. The number of rotatable bonds is 4. The van der Waals surface area contributed by atoms with Crippen molar-refractivity contribution in [2.75, 3.05) is 13.2 Å². The summed E-state index contributed by atoms with van der Waals surface area (Å²) in [6.07, 6.45) is 3.14. The fourth-order valence-corrected chi connectivity index (χ4v) is 1.60. The van der Waals surface area contributed by atoms with Crippen molar-refractivity contribution in [3.63, 3.8) is 0 Å². The standard InChI is InChI=1S/C11H19NO4/c1-8(12-9(2)13)11(14)16-7-10-5-3-4-6-15-10/h8,10H,3-7H2,1-2H3,(H,12,13). The molecule has 5 heteroatoms. The quantitative estimate of drug-likeness (QED) is 0.718. The summed E-state index contributed by atoms with van der Waals surface area (Å²) in [5.74, 6) is -0.650. The predicted molar refractivity (Wildman–Crippen MR) is 57.8 cm³/mol. The number of carbonyl (C=O) groups excluding carboxylic acids is 2. The molecule has 1 fully saturated rings. The normalized spacial score (nSPS) is 22.2. The van der Waals surface area contributed by atoms with E-state index in [0.717, 1.165) is 25.9 Å². The van der Waals surface area contributed by atoms with Crippen LogP contribution >= 0.6 is 0 Å². The zero-order chi connectivity index (χ0) is 12.0. The molecule has 0 aromatic rings. The zero-order valence-electron chi connectivity index (χ0n) is 9.82. The molecule has 1 aliphatic rings. The highest BCUT2D eigenvalue weighted by molar-refractivity contribution is 5.82. The Bertz CT molecular complexity index is 248. The van der Waals surface area contributed by atoms with Crippen LogP contribution in [0.1, 0.15) is 33.1 Å². The Hall–Kier alpha value is -1.10. The van der Waals surface area contributed by atoms with Gasteiger partial charge in [-0.2, -0.15) is 0 Å². The molecule has 92 valence electrons. The third-order valence-corrected chi connectivity index (χ3v) is 2.46. The number of carbonyl (C=O) groups is 2. The Morgan fingerprint density at radius 2 is 2.25 bits per heavy atom. The Kier molecular flexibility index (Phi) is 5.25. The third kappa shape index (κ3) is 4.61. The first-order valence-electron chi connectivity index (χ1n) is 5.65. The van der Waals surface area contributed by atoms with Gasteiger partial charge in [-0.3, -0.25) is 4.79 Å². The summed E-state index contributed by atoms with van der Waals surface area (Å²) < 4.78 is 10.5. The largest absolute Gasteiger partial charge is 0.461 e. The number of esters is 1. The summed E-state index contributed by atoms with van der Waals surface area (Å²) in [7, 11) is 0. The highest BCUT2D eigenvalue weighted by Crippen LogP contribution is 2.12. The zero-order valence-corrected chi connectivity index (χ0v) is 9.82. The van der Waals surface area contributed by atoms with Crippen LogP contribution in [0, 0.1) is 0 Å². The lowest BCUT2D eigenvalue weighted by Gasteiger charge is -2.22. The van der Waals surface area contributed by atoms with Crippen molar-refractivity contribution in [2.24, 2.45) is 0 Å². The van der Waals surface area contributed by atoms with E-state index in [4.69, 9.17) is 9.47 Å². The highest BCUT2D eigenvalue weighted by atomic mass is 16.6.